The number of hydrogen-bond donors (Lipinski definition) is 0. The number of unbranched alkanes of at least 4 members (excludes halogenated alkanes) is 8. The van der Waals surface area contributed by atoms with Gasteiger partial charge in [-0.2, -0.15) is 8.78 Å². The summed E-state index contributed by atoms with van der Waals surface area (Å²) in [7, 11) is 1.72. The van der Waals surface area contributed by atoms with E-state index in [1.807, 2.05) is 11.8 Å². The van der Waals surface area contributed by atoms with Gasteiger partial charge in [-0.3, -0.25) is 0 Å². The maximum Gasteiger partial charge on any atom is 0.206 e. The molecule has 0 atom stereocenters. The lowest BCUT2D eigenvalue weighted by Crippen LogP contribution is -2.17. The Morgan fingerprint density at radius 3 is 1.53 bits per heavy atom. The van der Waals surface area contributed by atoms with Crippen LogP contribution in [0.25, 0.3) is 0 Å². The lowest BCUT2D eigenvalue weighted by molar-refractivity contribution is 0.103. The van der Waals surface area contributed by atoms with Gasteiger partial charge in [-0.25, -0.2) is 13.2 Å². The highest BCUT2D eigenvalue weighted by molar-refractivity contribution is 14.1. The summed E-state index contributed by atoms with van der Waals surface area (Å²) < 4.78 is 77.4. The molecule has 0 aliphatic rings. The number of ether oxygens (including phenoxy) is 2. The van der Waals surface area contributed by atoms with Crippen molar-refractivity contribution in [2.24, 2.45) is 0 Å². The Bertz CT molecular complexity index is 618. The molecule has 32 heavy (non-hydrogen) atoms. The van der Waals surface area contributed by atoms with Crippen molar-refractivity contribution in [2.75, 3.05) is 23.9 Å². The van der Waals surface area contributed by atoms with E-state index in [-0.39, 0.29) is 11.5 Å². The molecular weight excluding hydrogens is 562 g/mol. The second-order valence-electron chi connectivity index (χ2n) is 7.65. The van der Waals surface area contributed by atoms with Gasteiger partial charge in [0, 0.05) is 7.11 Å². The molecule has 0 radical (unpaired) electrons. The highest BCUT2D eigenvalue weighted by atomic mass is 127. The van der Waals surface area contributed by atoms with Crippen LogP contribution in [0.15, 0.2) is 0 Å². The number of methoxy groups -OCH3 is 1. The smallest absolute Gasteiger partial charge is 0.206 e. The van der Waals surface area contributed by atoms with E-state index in [4.69, 9.17) is 9.47 Å². The molecule has 0 fully saturated rings. The summed E-state index contributed by atoms with van der Waals surface area (Å²) in [6.45, 7) is 6.15. The van der Waals surface area contributed by atoms with Crippen LogP contribution in [0.1, 0.15) is 78.6 Å². The second kappa shape index (κ2) is 18.1. The predicted octanol–water partition coefficient (Wildman–Crippen LogP) is 8.83. The van der Waals surface area contributed by atoms with E-state index < -0.39 is 34.8 Å². The molecule has 9 heteroatoms. The molecule has 0 saturated heterocycles. The first kappa shape index (κ1) is 31.7. The van der Waals surface area contributed by atoms with Gasteiger partial charge in [0.25, 0.3) is 0 Å². The van der Waals surface area contributed by atoms with Gasteiger partial charge in [0.1, 0.15) is 4.93 Å². The molecule has 0 heterocycles. The van der Waals surface area contributed by atoms with E-state index in [1.54, 1.807) is 7.11 Å². The van der Waals surface area contributed by atoms with Crippen molar-refractivity contribution >= 4 is 34.4 Å². The van der Waals surface area contributed by atoms with Crippen LogP contribution in [0.2, 0.25) is 0 Å². The standard InChI is InChI=1S/C21H31F5O2S.C2H5I/c1-21(2,27-3)29-14-12-10-8-6-4-5-7-9-11-13-28-20-18(25)16(23)15(22)17(24)19(20)26;1-2-3/h4-14H2,1-3H3;2H2,1H3. The number of thioether (sulfide) groups is 1. The summed E-state index contributed by atoms with van der Waals surface area (Å²) in [6, 6.07) is 0. The molecule has 2 nitrogen and oxygen atoms in total. The van der Waals surface area contributed by atoms with Crippen molar-refractivity contribution in [3.05, 3.63) is 29.1 Å². The van der Waals surface area contributed by atoms with E-state index in [2.05, 4.69) is 43.4 Å². The minimum atomic E-state index is -2.18. The average molecular weight is 599 g/mol. The van der Waals surface area contributed by atoms with Crippen LogP contribution in [0.3, 0.4) is 0 Å². The highest BCUT2D eigenvalue weighted by Crippen LogP contribution is 2.29. The van der Waals surface area contributed by atoms with Crippen LogP contribution < -0.4 is 4.74 Å². The number of halogens is 6. The van der Waals surface area contributed by atoms with Crippen LogP contribution >= 0.6 is 34.4 Å². The number of hydrogen-bond acceptors (Lipinski definition) is 3. The lowest BCUT2D eigenvalue weighted by atomic mass is 10.1. The van der Waals surface area contributed by atoms with Crippen LogP contribution in [-0.2, 0) is 4.74 Å². The molecule has 0 aliphatic heterocycles. The quantitative estimate of drug-likeness (QED) is 0.0382. The highest BCUT2D eigenvalue weighted by Gasteiger charge is 2.26. The molecule has 0 bridgehead atoms. The fourth-order valence-corrected chi connectivity index (χ4v) is 3.66. The molecule has 0 saturated carbocycles. The van der Waals surface area contributed by atoms with Crippen LogP contribution in [0.5, 0.6) is 5.75 Å². The summed E-state index contributed by atoms with van der Waals surface area (Å²) in [5.74, 6) is -10.1. The van der Waals surface area contributed by atoms with Gasteiger partial charge < -0.3 is 9.47 Å². The Kier molecular flexibility index (Phi) is 17.9. The number of rotatable bonds is 15. The van der Waals surface area contributed by atoms with Gasteiger partial charge in [0.05, 0.1) is 6.61 Å². The minimum Gasteiger partial charge on any atom is -0.487 e. The van der Waals surface area contributed by atoms with Crippen LogP contribution in [0, 0.1) is 29.1 Å². The fourth-order valence-electron chi connectivity index (χ4n) is 2.70. The predicted molar refractivity (Wildman–Crippen MR) is 131 cm³/mol. The second-order valence-corrected chi connectivity index (χ2v) is 10.9. The molecule has 0 N–H and O–H groups in total. The van der Waals surface area contributed by atoms with Crippen LogP contribution in [-0.4, -0.2) is 28.8 Å². The zero-order valence-corrected chi connectivity index (χ0v) is 22.5. The van der Waals surface area contributed by atoms with E-state index in [0.29, 0.717) is 6.42 Å². The Morgan fingerprint density at radius 2 is 1.09 bits per heavy atom. The first-order valence-corrected chi connectivity index (χ1v) is 13.5. The maximum absolute atomic E-state index is 13.5. The van der Waals surface area contributed by atoms with Gasteiger partial charge in [-0.1, -0.05) is 74.5 Å². The minimum absolute atomic E-state index is 0.0894. The van der Waals surface area contributed by atoms with Gasteiger partial charge >= 0.3 is 0 Å². The molecule has 1 rings (SSSR count). The summed E-state index contributed by atoms with van der Waals surface area (Å²) >= 11 is 4.11. The van der Waals surface area contributed by atoms with E-state index in [0.717, 1.165) is 31.4 Å². The summed E-state index contributed by atoms with van der Waals surface area (Å²) in [6.07, 6.45) is 9.11. The third-order valence-electron chi connectivity index (χ3n) is 4.65. The lowest BCUT2D eigenvalue weighted by Gasteiger charge is -2.21. The maximum atomic E-state index is 13.5. The Balaban J connectivity index is 0.00000302. The molecule has 0 unspecified atom stereocenters. The largest absolute Gasteiger partial charge is 0.487 e. The molecule has 0 amide bonds. The normalized spacial score (nSPS) is 11.3. The number of alkyl halides is 1. The van der Waals surface area contributed by atoms with E-state index in [9.17, 15) is 22.0 Å². The Hall–Kier alpha value is -0.290. The summed E-state index contributed by atoms with van der Waals surface area (Å²) in [5.41, 5.74) is 0. The summed E-state index contributed by atoms with van der Waals surface area (Å²) in [4.78, 5) is -0.125. The molecule has 0 aliphatic carbocycles. The molecule has 0 aromatic heterocycles. The molecule has 0 spiro atoms. The fraction of sp³-hybridized carbons (Fsp3) is 0.739. The first-order valence-electron chi connectivity index (χ1n) is 11.0. The molecule has 188 valence electrons. The van der Waals surface area contributed by atoms with Gasteiger partial charge in [-0.05, 0) is 36.9 Å². The topological polar surface area (TPSA) is 18.5 Å². The first-order chi connectivity index (χ1) is 15.1. The monoisotopic (exact) mass is 598 g/mol. The zero-order chi connectivity index (χ0) is 24.6. The SMILES string of the molecule is CCI.COC(C)(C)SCCCCCCCCCCCOc1c(F)c(F)c(F)c(F)c1F. The van der Waals surface area contributed by atoms with E-state index in [1.165, 1.54) is 30.1 Å². The molecule has 1 aromatic rings. The van der Waals surface area contributed by atoms with Crippen molar-refractivity contribution in [3.63, 3.8) is 0 Å². The van der Waals surface area contributed by atoms with Crippen molar-refractivity contribution in [3.8, 4) is 5.75 Å². The van der Waals surface area contributed by atoms with Gasteiger partial charge in [-0.15, -0.1) is 11.8 Å². The third-order valence-corrected chi connectivity index (χ3v) is 6.00. The molecule has 1 aromatic carbocycles. The third kappa shape index (κ3) is 12.8. The molecular formula is C23H36F5IO2S. The Morgan fingerprint density at radius 1 is 0.719 bits per heavy atom. The van der Waals surface area contributed by atoms with Gasteiger partial charge in [0.15, 0.2) is 5.75 Å². The van der Waals surface area contributed by atoms with Crippen molar-refractivity contribution < 1.29 is 31.4 Å². The Labute approximate surface area is 207 Å². The average Bonchev–Trinajstić information content (AvgIpc) is 2.76. The van der Waals surface area contributed by atoms with Gasteiger partial charge in [0.2, 0.25) is 29.1 Å². The van der Waals surface area contributed by atoms with Crippen molar-refractivity contribution in [2.45, 2.75) is 83.5 Å². The van der Waals surface area contributed by atoms with Crippen molar-refractivity contribution in [1.29, 1.82) is 0 Å². The zero-order valence-electron chi connectivity index (χ0n) is 19.5. The van der Waals surface area contributed by atoms with E-state index >= 15 is 0 Å². The van der Waals surface area contributed by atoms with Crippen molar-refractivity contribution in [1.82, 2.24) is 0 Å². The number of benzene rings is 1. The summed E-state index contributed by atoms with van der Waals surface area (Å²) in [5, 5.41) is 0. The van der Waals surface area contributed by atoms with Crippen LogP contribution in [0.4, 0.5) is 22.0 Å².